The molecule has 0 unspecified atom stereocenters. The van der Waals surface area contributed by atoms with Gasteiger partial charge in [0.05, 0.1) is 24.6 Å². The average molecular weight is 441 g/mol. The number of carbonyl (C=O) groups is 1. The van der Waals surface area contributed by atoms with Crippen molar-refractivity contribution in [2.45, 2.75) is 12.8 Å². The number of hydrogen-bond donors (Lipinski definition) is 1. The number of aromatic nitrogens is 1. The Morgan fingerprint density at radius 2 is 1.81 bits per heavy atom. The Hall–Kier alpha value is -2.77. The van der Waals surface area contributed by atoms with Gasteiger partial charge in [0.25, 0.3) is 6.01 Å². The molecule has 0 aliphatic carbocycles. The van der Waals surface area contributed by atoms with E-state index in [0.29, 0.717) is 24.3 Å². The molecule has 1 amide bonds. The second-order valence-corrected chi connectivity index (χ2v) is 8.41. The van der Waals surface area contributed by atoms with E-state index in [4.69, 9.17) is 20.8 Å². The van der Waals surface area contributed by atoms with E-state index in [1.807, 2.05) is 42.5 Å². The molecule has 0 atom stereocenters. The quantitative estimate of drug-likeness (QED) is 0.656. The number of fused-ring (bicyclic) bond motifs is 1. The van der Waals surface area contributed by atoms with E-state index in [1.165, 1.54) is 0 Å². The van der Waals surface area contributed by atoms with Crippen molar-refractivity contribution < 1.29 is 13.9 Å². The number of nitrogens with zero attached hydrogens (tertiary/aromatic N) is 3. The lowest BCUT2D eigenvalue weighted by atomic mass is 9.96. The highest BCUT2D eigenvalue weighted by molar-refractivity contribution is 6.31. The summed E-state index contributed by atoms with van der Waals surface area (Å²) in [5.41, 5.74) is 3.40. The van der Waals surface area contributed by atoms with E-state index in [2.05, 4.69) is 20.1 Å². The normalized spacial score (nSPS) is 17.8. The number of amides is 1. The number of hydrogen-bond acceptors (Lipinski definition) is 6. The largest absolute Gasteiger partial charge is 0.423 e. The molecule has 2 fully saturated rings. The highest BCUT2D eigenvalue weighted by atomic mass is 35.5. The topological polar surface area (TPSA) is 70.8 Å². The molecule has 2 aromatic carbocycles. The van der Waals surface area contributed by atoms with E-state index in [0.717, 1.165) is 61.5 Å². The van der Waals surface area contributed by atoms with Gasteiger partial charge in [-0.25, -0.2) is 0 Å². The molecule has 1 aromatic heterocycles. The van der Waals surface area contributed by atoms with E-state index in [9.17, 15) is 4.79 Å². The van der Waals surface area contributed by atoms with E-state index >= 15 is 0 Å². The zero-order valence-corrected chi connectivity index (χ0v) is 18.0. The Kier molecular flexibility index (Phi) is 5.70. The molecule has 3 heterocycles. The van der Waals surface area contributed by atoms with Gasteiger partial charge in [0.1, 0.15) is 5.52 Å². The van der Waals surface area contributed by atoms with Crippen LogP contribution in [0.5, 0.6) is 0 Å². The maximum absolute atomic E-state index is 13.0. The highest BCUT2D eigenvalue weighted by Crippen LogP contribution is 2.32. The third-order valence-electron chi connectivity index (χ3n) is 5.99. The minimum absolute atomic E-state index is 0.0361. The van der Waals surface area contributed by atoms with Crippen LogP contribution in [0, 0.1) is 5.92 Å². The maximum atomic E-state index is 13.0. The molecule has 2 aliphatic heterocycles. The number of carbonyl (C=O) groups excluding carboxylic acids is 1. The average Bonchev–Trinajstić information content (AvgIpc) is 3.24. The monoisotopic (exact) mass is 440 g/mol. The van der Waals surface area contributed by atoms with Crippen LogP contribution < -0.4 is 15.1 Å². The number of benzene rings is 2. The van der Waals surface area contributed by atoms with E-state index in [1.54, 1.807) is 0 Å². The minimum Gasteiger partial charge on any atom is -0.423 e. The maximum Gasteiger partial charge on any atom is 0.298 e. The van der Waals surface area contributed by atoms with Gasteiger partial charge < -0.3 is 24.3 Å². The van der Waals surface area contributed by atoms with Crippen LogP contribution in [-0.2, 0) is 9.53 Å². The fourth-order valence-corrected chi connectivity index (χ4v) is 4.42. The lowest BCUT2D eigenvalue weighted by molar-refractivity contribution is -0.120. The first-order valence-corrected chi connectivity index (χ1v) is 11.1. The third-order valence-corrected chi connectivity index (χ3v) is 6.22. The summed E-state index contributed by atoms with van der Waals surface area (Å²) >= 11 is 6.23. The number of para-hydroxylation sites is 2. The van der Waals surface area contributed by atoms with Crippen LogP contribution in [-0.4, -0.2) is 50.3 Å². The SMILES string of the molecule is O=C(Nc1cc(Cl)ccc1N1CCOCC1)C1CCN(c2nc3ccccc3o2)CC1. The van der Waals surface area contributed by atoms with Crippen LogP contribution in [0.4, 0.5) is 17.4 Å². The molecule has 0 bridgehead atoms. The van der Waals surface area contributed by atoms with Crippen molar-refractivity contribution in [2.75, 3.05) is 54.5 Å². The predicted octanol–water partition coefficient (Wildman–Crippen LogP) is 4.17. The smallest absolute Gasteiger partial charge is 0.298 e. The van der Waals surface area contributed by atoms with Crippen LogP contribution in [0.25, 0.3) is 11.1 Å². The summed E-state index contributed by atoms with van der Waals surface area (Å²) in [4.78, 5) is 22.0. The first-order chi connectivity index (χ1) is 15.2. The number of morpholine rings is 1. The van der Waals surface area contributed by atoms with Gasteiger partial charge in [-0.2, -0.15) is 4.98 Å². The summed E-state index contributed by atoms with van der Waals surface area (Å²) in [6.45, 7) is 4.43. The third kappa shape index (κ3) is 4.34. The molecular weight excluding hydrogens is 416 g/mol. The van der Waals surface area contributed by atoms with Crippen molar-refractivity contribution in [3.05, 3.63) is 47.5 Å². The molecular formula is C23H25ClN4O3. The van der Waals surface area contributed by atoms with E-state index < -0.39 is 0 Å². The second-order valence-electron chi connectivity index (χ2n) is 7.98. The van der Waals surface area contributed by atoms with Gasteiger partial charge in [0, 0.05) is 37.1 Å². The Morgan fingerprint density at radius 1 is 1.03 bits per heavy atom. The molecule has 2 saturated heterocycles. The Labute approximate surface area is 185 Å². The summed E-state index contributed by atoms with van der Waals surface area (Å²) in [5, 5.41) is 3.74. The number of halogens is 1. The van der Waals surface area contributed by atoms with Crippen LogP contribution in [0.3, 0.4) is 0 Å². The molecule has 8 heteroatoms. The number of piperidine rings is 1. The van der Waals surface area contributed by atoms with Crippen LogP contribution in [0.15, 0.2) is 46.9 Å². The minimum atomic E-state index is -0.0582. The van der Waals surface area contributed by atoms with Gasteiger partial charge >= 0.3 is 0 Å². The highest BCUT2D eigenvalue weighted by Gasteiger charge is 2.28. The molecule has 0 spiro atoms. The van der Waals surface area contributed by atoms with Crippen molar-refractivity contribution >= 4 is 46.0 Å². The molecule has 162 valence electrons. The van der Waals surface area contributed by atoms with Gasteiger partial charge in [-0.1, -0.05) is 23.7 Å². The molecule has 3 aromatic rings. The number of ether oxygens (including phenoxy) is 1. The summed E-state index contributed by atoms with van der Waals surface area (Å²) in [6.07, 6.45) is 1.50. The summed E-state index contributed by atoms with van der Waals surface area (Å²) in [6, 6.07) is 14.0. The molecule has 2 aliphatic rings. The number of nitrogens with one attached hydrogen (secondary N) is 1. The van der Waals surface area contributed by atoms with E-state index in [-0.39, 0.29) is 11.8 Å². The van der Waals surface area contributed by atoms with Crippen molar-refractivity contribution in [2.24, 2.45) is 5.92 Å². The summed E-state index contributed by atoms with van der Waals surface area (Å²) in [5.74, 6) is -0.0221. The number of oxazole rings is 1. The standard InChI is InChI=1S/C23H25ClN4O3/c24-17-5-6-20(27-11-13-30-14-12-27)19(15-17)25-22(29)16-7-9-28(10-8-16)23-26-18-3-1-2-4-21(18)31-23/h1-6,15-16H,7-14H2,(H,25,29). The molecule has 0 radical (unpaired) electrons. The zero-order chi connectivity index (χ0) is 21.2. The number of rotatable bonds is 4. The summed E-state index contributed by atoms with van der Waals surface area (Å²) in [7, 11) is 0. The first kappa shape index (κ1) is 20.2. The Morgan fingerprint density at radius 3 is 2.58 bits per heavy atom. The van der Waals surface area contributed by atoms with Crippen LogP contribution in [0.2, 0.25) is 5.02 Å². The first-order valence-electron chi connectivity index (χ1n) is 10.7. The van der Waals surface area contributed by atoms with Crippen molar-refractivity contribution in [1.29, 1.82) is 0 Å². The van der Waals surface area contributed by atoms with Crippen LogP contribution >= 0.6 is 11.6 Å². The Balaban J connectivity index is 1.24. The predicted molar refractivity (Wildman–Crippen MR) is 122 cm³/mol. The number of anilines is 3. The van der Waals surface area contributed by atoms with Crippen molar-refractivity contribution in [1.82, 2.24) is 4.98 Å². The lowest BCUT2D eigenvalue weighted by Gasteiger charge is -2.32. The van der Waals surface area contributed by atoms with Gasteiger partial charge in [-0.3, -0.25) is 4.79 Å². The molecule has 1 N–H and O–H groups in total. The summed E-state index contributed by atoms with van der Waals surface area (Å²) < 4.78 is 11.3. The molecule has 7 nitrogen and oxygen atoms in total. The van der Waals surface area contributed by atoms with Crippen LogP contribution in [0.1, 0.15) is 12.8 Å². The molecule has 0 saturated carbocycles. The zero-order valence-electron chi connectivity index (χ0n) is 17.2. The fraction of sp³-hybridized carbons (Fsp3) is 0.391. The fourth-order valence-electron chi connectivity index (χ4n) is 4.25. The lowest BCUT2D eigenvalue weighted by Crippen LogP contribution is -2.39. The Bertz CT molecular complexity index is 1040. The van der Waals surface area contributed by atoms with Gasteiger partial charge in [0.2, 0.25) is 5.91 Å². The molecule has 31 heavy (non-hydrogen) atoms. The second kappa shape index (κ2) is 8.77. The van der Waals surface area contributed by atoms with Gasteiger partial charge in [-0.15, -0.1) is 0 Å². The van der Waals surface area contributed by atoms with Gasteiger partial charge in [-0.05, 0) is 43.2 Å². The van der Waals surface area contributed by atoms with Gasteiger partial charge in [0.15, 0.2) is 5.58 Å². The molecule has 5 rings (SSSR count). The van der Waals surface area contributed by atoms with Crippen molar-refractivity contribution in [3.63, 3.8) is 0 Å². The van der Waals surface area contributed by atoms with Crippen molar-refractivity contribution in [3.8, 4) is 0 Å².